The summed E-state index contributed by atoms with van der Waals surface area (Å²) in [6, 6.07) is 0. The van der Waals surface area contributed by atoms with E-state index in [2.05, 4.69) is 0 Å². The van der Waals surface area contributed by atoms with Gasteiger partial charge in [0, 0.05) is 6.92 Å². The quantitative estimate of drug-likeness (QED) is 0.561. The van der Waals surface area contributed by atoms with Crippen molar-refractivity contribution in [3.63, 3.8) is 0 Å². The van der Waals surface area contributed by atoms with Crippen LogP contribution in [0.4, 0.5) is 0 Å². The van der Waals surface area contributed by atoms with E-state index in [0.717, 1.165) is 5.57 Å². The molecule has 2 aliphatic heterocycles. The number of esters is 3. The van der Waals surface area contributed by atoms with E-state index in [1.807, 2.05) is 19.9 Å². The van der Waals surface area contributed by atoms with E-state index < -0.39 is 48.1 Å². The van der Waals surface area contributed by atoms with Gasteiger partial charge in [-0.25, -0.2) is 0 Å². The molecule has 5 atom stereocenters. The molecule has 1 fully saturated rings. The van der Waals surface area contributed by atoms with Gasteiger partial charge < -0.3 is 18.9 Å². The summed E-state index contributed by atoms with van der Waals surface area (Å²) in [4.78, 5) is 35.9. The number of methoxy groups -OCH3 is 2. The average molecular weight is 338 g/mol. The van der Waals surface area contributed by atoms with Crippen molar-refractivity contribution in [3.8, 4) is 0 Å². The van der Waals surface area contributed by atoms with Crippen molar-refractivity contribution >= 4 is 17.9 Å². The van der Waals surface area contributed by atoms with Crippen molar-refractivity contribution in [1.82, 2.24) is 0 Å². The first-order valence-corrected chi connectivity index (χ1v) is 7.65. The van der Waals surface area contributed by atoms with Crippen LogP contribution in [0, 0.1) is 11.8 Å². The van der Waals surface area contributed by atoms with E-state index in [-0.39, 0.29) is 0 Å². The summed E-state index contributed by atoms with van der Waals surface area (Å²) in [5.74, 6) is -3.40. The minimum absolute atomic E-state index is 0.500. The van der Waals surface area contributed by atoms with Gasteiger partial charge >= 0.3 is 17.9 Å². The molecular weight excluding hydrogens is 316 g/mol. The molecule has 0 aromatic carbocycles. The molecule has 2 aliphatic rings. The zero-order chi connectivity index (χ0) is 18.0. The highest BCUT2D eigenvalue weighted by atomic mass is 16.6. The number of rotatable bonds is 4. The van der Waals surface area contributed by atoms with E-state index in [1.165, 1.54) is 21.1 Å². The van der Waals surface area contributed by atoms with Gasteiger partial charge in [-0.1, -0.05) is 11.6 Å². The smallest absolute Gasteiger partial charge is 0.312 e. The molecule has 2 bridgehead atoms. The topological polar surface area (TPSA) is 88.1 Å². The van der Waals surface area contributed by atoms with Crippen LogP contribution < -0.4 is 0 Å². The first-order chi connectivity index (χ1) is 11.3. The Balaban J connectivity index is 2.50. The lowest BCUT2D eigenvalue weighted by Crippen LogP contribution is -2.42. The Morgan fingerprint density at radius 2 is 1.62 bits per heavy atom. The summed E-state index contributed by atoms with van der Waals surface area (Å²) in [7, 11) is 2.49. The number of ether oxygens (including phenoxy) is 4. The van der Waals surface area contributed by atoms with Gasteiger partial charge in [0.2, 0.25) is 0 Å². The molecule has 0 aromatic rings. The highest BCUT2D eigenvalue weighted by Gasteiger charge is 2.58. The van der Waals surface area contributed by atoms with Crippen LogP contribution in [-0.4, -0.2) is 50.4 Å². The van der Waals surface area contributed by atoms with Gasteiger partial charge in [-0.2, -0.15) is 0 Å². The molecule has 1 saturated heterocycles. The third-order valence-electron chi connectivity index (χ3n) is 4.09. The summed E-state index contributed by atoms with van der Waals surface area (Å²) in [6.45, 7) is 5.09. The number of carbonyl (C=O) groups is 3. The minimum atomic E-state index is -0.906. The van der Waals surface area contributed by atoms with Gasteiger partial charge in [0.1, 0.15) is 17.9 Å². The number of allylic oxidation sites excluding steroid dienone is 1. The molecule has 2 heterocycles. The van der Waals surface area contributed by atoms with E-state index >= 15 is 0 Å². The lowest BCUT2D eigenvalue weighted by molar-refractivity contribution is -0.161. The normalized spacial score (nSPS) is 30.9. The highest BCUT2D eigenvalue weighted by Crippen LogP contribution is 2.43. The predicted octanol–water partition coefficient (Wildman–Crippen LogP) is 1.17. The molecule has 0 N–H and O–H groups in total. The third kappa shape index (κ3) is 3.36. The predicted molar refractivity (Wildman–Crippen MR) is 82.7 cm³/mol. The molecule has 0 amide bonds. The molecule has 0 radical (unpaired) electrons. The maximum Gasteiger partial charge on any atom is 0.312 e. The zero-order valence-electron chi connectivity index (χ0n) is 14.4. The van der Waals surface area contributed by atoms with Crippen LogP contribution in [0.2, 0.25) is 0 Å². The summed E-state index contributed by atoms with van der Waals surface area (Å²) < 4.78 is 20.8. The van der Waals surface area contributed by atoms with Crippen molar-refractivity contribution in [2.24, 2.45) is 11.8 Å². The Morgan fingerprint density at radius 3 is 2.12 bits per heavy atom. The molecule has 0 unspecified atom stereocenters. The van der Waals surface area contributed by atoms with Gasteiger partial charge in [0.25, 0.3) is 0 Å². The molecule has 7 heteroatoms. The molecule has 0 aromatic heterocycles. The number of carbonyl (C=O) groups excluding carboxylic acids is 3. The van der Waals surface area contributed by atoms with Gasteiger partial charge in [-0.15, -0.1) is 0 Å². The fourth-order valence-corrected chi connectivity index (χ4v) is 3.25. The molecule has 7 nitrogen and oxygen atoms in total. The second-order valence-corrected chi connectivity index (χ2v) is 6.08. The average Bonchev–Trinajstić information content (AvgIpc) is 2.83. The number of hydrogen-bond donors (Lipinski definition) is 0. The Hall–Kier alpha value is -2.15. The highest BCUT2D eigenvalue weighted by molar-refractivity contribution is 5.84. The van der Waals surface area contributed by atoms with Crippen LogP contribution in [-0.2, 0) is 33.3 Å². The molecule has 0 aliphatic carbocycles. The standard InChI is InChI=1S/C17H22O7/c1-8(2)6-10-7-11-12(16(19)21-4)13(17(20)22-5)15(24-11)14(10)23-9(3)18/h6-7,11-15H,1-5H3/t11-,12-,13-,14+,15-/m0/s1. The van der Waals surface area contributed by atoms with Crippen LogP contribution in [0.5, 0.6) is 0 Å². The van der Waals surface area contributed by atoms with E-state index in [4.69, 9.17) is 18.9 Å². The van der Waals surface area contributed by atoms with E-state index in [1.54, 1.807) is 6.08 Å². The van der Waals surface area contributed by atoms with Crippen molar-refractivity contribution < 1.29 is 33.3 Å². The Bertz CT molecular complexity index is 600. The first kappa shape index (κ1) is 18.2. The zero-order valence-corrected chi connectivity index (χ0v) is 14.4. The van der Waals surface area contributed by atoms with Crippen molar-refractivity contribution in [2.45, 2.75) is 39.1 Å². The van der Waals surface area contributed by atoms with Crippen LogP contribution in [0.1, 0.15) is 20.8 Å². The monoisotopic (exact) mass is 338 g/mol. The third-order valence-corrected chi connectivity index (χ3v) is 4.09. The van der Waals surface area contributed by atoms with Crippen molar-refractivity contribution in [2.75, 3.05) is 14.2 Å². The van der Waals surface area contributed by atoms with Gasteiger partial charge in [-0.3, -0.25) is 14.4 Å². The molecular formula is C17H22O7. The van der Waals surface area contributed by atoms with Gasteiger partial charge in [-0.05, 0) is 25.5 Å². The Kier molecular flexibility index (Phi) is 5.43. The largest absolute Gasteiger partial charge is 0.469 e. The fraction of sp³-hybridized carbons (Fsp3) is 0.588. The second kappa shape index (κ2) is 7.17. The van der Waals surface area contributed by atoms with Crippen LogP contribution in [0.25, 0.3) is 0 Å². The van der Waals surface area contributed by atoms with Crippen molar-refractivity contribution in [3.05, 3.63) is 23.3 Å². The summed E-state index contributed by atoms with van der Waals surface area (Å²) >= 11 is 0. The fourth-order valence-electron chi connectivity index (χ4n) is 3.25. The van der Waals surface area contributed by atoms with Crippen LogP contribution in [0.3, 0.4) is 0 Å². The maximum absolute atomic E-state index is 12.3. The molecule has 0 spiro atoms. The van der Waals surface area contributed by atoms with Crippen molar-refractivity contribution in [1.29, 1.82) is 0 Å². The summed E-state index contributed by atoms with van der Waals surface area (Å²) in [5.41, 5.74) is 1.69. The van der Waals surface area contributed by atoms with Gasteiger partial charge in [0.15, 0.2) is 6.10 Å². The van der Waals surface area contributed by atoms with Gasteiger partial charge in [0.05, 0.1) is 20.3 Å². The summed E-state index contributed by atoms with van der Waals surface area (Å²) in [6.07, 6.45) is 1.34. The molecule has 24 heavy (non-hydrogen) atoms. The lowest BCUT2D eigenvalue weighted by Gasteiger charge is -2.30. The van der Waals surface area contributed by atoms with E-state index in [0.29, 0.717) is 5.57 Å². The van der Waals surface area contributed by atoms with Crippen LogP contribution in [0.15, 0.2) is 23.3 Å². The lowest BCUT2D eigenvalue weighted by atomic mass is 9.86. The SMILES string of the molecule is COC(=O)[C@@H]1[C@@H]2O[C@@H](C=C(C=C(C)C)[C@H]2OC(C)=O)[C@@H]1C(=O)OC. The summed E-state index contributed by atoms with van der Waals surface area (Å²) in [5, 5.41) is 0. The Labute approximate surface area is 140 Å². The number of fused-ring (bicyclic) bond motifs is 2. The second-order valence-electron chi connectivity index (χ2n) is 6.08. The first-order valence-electron chi connectivity index (χ1n) is 7.65. The minimum Gasteiger partial charge on any atom is -0.469 e. The molecule has 2 rings (SSSR count). The Morgan fingerprint density at radius 1 is 1.04 bits per heavy atom. The van der Waals surface area contributed by atoms with E-state index in [9.17, 15) is 14.4 Å². The number of hydrogen-bond acceptors (Lipinski definition) is 7. The molecule has 0 saturated carbocycles. The maximum atomic E-state index is 12.3. The molecule has 132 valence electrons. The van der Waals surface area contributed by atoms with Crippen LogP contribution >= 0.6 is 0 Å².